The number of aromatic amines is 1. The first-order valence-corrected chi connectivity index (χ1v) is 6.11. The van der Waals surface area contributed by atoms with Gasteiger partial charge in [0.1, 0.15) is 28.1 Å². The molecule has 0 saturated carbocycles. The fraction of sp³-hybridized carbons (Fsp3) is 0. The quantitative estimate of drug-likeness (QED) is 0.894. The number of anilines is 1. The van der Waals surface area contributed by atoms with Gasteiger partial charge < -0.3 is 5.32 Å². The number of nitrogens with zero attached hydrogens (tertiary/aromatic N) is 1. The largest absolute Gasteiger partial charge is 0.348 e. The summed E-state index contributed by atoms with van der Waals surface area (Å²) in [4.78, 5) is 24.2. The van der Waals surface area contributed by atoms with E-state index in [1.807, 2.05) is 0 Å². The summed E-state index contributed by atoms with van der Waals surface area (Å²) in [5.74, 6) is -2.77. The summed E-state index contributed by atoms with van der Waals surface area (Å²) in [6.45, 7) is 0. The second-order valence-corrected chi connectivity index (χ2v) is 4.63. The third-order valence-electron chi connectivity index (χ3n) is 2.95. The van der Waals surface area contributed by atoms with Gasteiger partial charge in [0.25, 0.3) is 0 Å². The fourth-order valence-corrected chi connectivity index (χ4v) is 2.16. The third kappa shape index (κ3) is 2.11. The molecule has 5 nitrogen and oxygen atoms in total. The number of halogens is 3. The predicted octanol–water partition coefficient (Wildman–Crippen LogP) is 2.63. The van der Waals surface area contributed by atoms with Crippen LogP contribution in [0, 0.1) is 11.6 Å². The number of nitrogens with one attached hydrogen (secondary N) is 2. The number of benzene rings is 1. The first kappa shape index (κ1) is 13.4. The average Bonchev–Trinajstić information content (AvgIpc) is 2.94. The van der Waals surface area contributed by atoms with E-state index < -0.39 is 28.2 Å². The van der Waals surface area contributed by atoms with E-state index in [0.29, 0.717) is 0 Å². The zero-order chi connectivity index (χ0) is 15.1. The van der Waals surface area contributed by atoms with Gasteiger partial charge in [-0.15, -0.1) is 0 Å². The Morgan fingerprint density at radius 3 is 2.71 bits per heavy atom. The van der Waals surface area contributed by atoms with Crippen LogP contribution in [0.5, 0.6) is 0 Å². The van der Waals surface area contributed by atoms with Crippen LogP contribution in [-0.2, 0) is 0 Å². The van der Waals surface area contributed by atoms with Crippen molar-refractivity contribution in [2.24, 2.45) is 0 Å². The number of carbonyl (C=O) groups is 2. The Morgan fingerprint density at radius 1 is 1.19 bits per heavy atom. The number of Topliss-reactive ketones (excluding diaryl/α,β-unsaturated/α-hetero) is 2. The number of rotatable bonds is 2. The summed E-state index contributed by atoms with van der Waals surface area (Å²) in [5.41, 5.74) is -0.629. The molecule has 1 aromatic carbocycles. The molecule has 0 atom stereocenters. The molecule has 1 heterocycles. The summed E-state index contributed by atoms with van der Waals surface area (Å²) in [6.07, 6.45) is 1.17. The number of ketones is 2. The Bertz CT molecular complexity index is 813. The van der Waals surface area contributed by atoms with E-state index in [-0.39, 0.29) is 22.6 Å². The lowest BCUT2D eigenvalue weighted by Gasteiger charge is -2.16. The van der Waals surface area contributed by atoms with Gasteiger partial charge in [0.15, 0.2) is 0 Å². The van der Waals surface area contributed by atoms with Gasteiger partial charge in [0.05, 0.1) is 17.4 Å². The Hall–Kier alpha value is -2.54. The highest BCUT2D eigenvalue weighted by Gasteiger charge is 2.33. The minimum Gasteiger partial charge on any atom is -0.348 e. The van der Waals surface area contributed by atoms with Crippen molar-refractivity contribution < 1.29 is 18.4 Å². The molecule has 0 aliphatic heterocycles. The first-order valence-electron chi connectivity index (χ1n) is 5.73. The van der Waals surface area contributed by atoms with Crippen LogP contribution in [0.15, 0.2) is 35.1 Å². The minimum absolute atomic E-state index is 0.0173. The van der Waals surface area contributed by atoms with E-state index in [4.69, 9.17) is 11.6 Å². The average molecular weight is 310 g/mol. The van der Waals surface area contributed by atoms with Gasteiger partial charge in [-0.2, -0.15) is 5.10 Å². The summed E-state index contributed by atoms with van der Waals surface area (Å²) in [7, 11) is 0. The molecular weight excluding hydrogens is 304 g/mol. The highest BCUT2D eigenvalue weighted by atomic mass is 35.5. The van der Waals surface area contributed by atoms with Crippen LogP contribution in [-0.4, -0.2) is 21.8 Å². The standard InChI is InChI=1S/C13H6ClF2N3O2/c14-9-11(18-8-3-5(15)1-2-7(8)16)12(20)6-4-17-19-10(6)13(9)21/h1-4,18H,(H,17,19). The van der Waals surface area contributed by atoms with Crippen molar-refractivity contribution in [2.45, 2.75) is 0 Å². The van der Waals surface area contributed by atoms with Crippen LogP contribution in [0.1, 0.15) is 20.8 Å². The van der Waals surface area contributed by atoms with Crippen molar-refractivity contribution in [3.63, 3.8) is 0 Å². The lowest BCUT2D eigenvalue weighted by atomic mass is 9.99. The van der Waals surface area contributed by atoms with Crippen molar-refractivity contribution in [1.82, 2.24) is 10.2 Å². The molecule has 0 spiro atoms. The molecule has 0 fully saturated rings. The molecule has 106 valence electrons. The number of aromatic nitrogens is 2. The van der Waals surface area contributed by atoms with Gasteiger partial charge in [-0.1, -0.05) is 11.6 Å². The maximum atomic E-state index is 13.6. The number of hydrogen-bond donors (Lipinski definition) is 2. The summed E-state index contributed by atoms with van der Waals surface area (Å²) >= 11 is 5.84. The monoisotopic (exact) mass is 309 g/mol. The Balaban J connectivity index is 2.06. The van der Waals surface area contributed by atoms with E-state index >= 15 is 0 Å². The van der Waals surface area contributed by atoms with Crippen molar-refractivity contribution in [3.05, 3.63) is 58.0 Å². The molecule has 0 amide bonds. The molecule has 3 rings (SSSR count). The Labute approximate surface area is 121 Å². The van der Waals surface area contributed by atoms with E-state index in [0.717, 1.165) is 18.2 Å². The highest BCUT2D eigenvalue weighted by Crippen LogP contribution is 2.29. The first-order chi connectivity index (χ1) is 9.99. The lowest BCUT2D eigenvalue weighted by molar-refractivity contribution is 0.0979. The molecule has 1 aliphatic carbocycles. The summed E-state index contributed by atoms with van der Waals surface area (Å²) in [6, 6.07) is 2.68. The number of allylic oxidation sites excluding steroid dienone is 2. The molecule has 0 saturated heterocycles. The maximum absolute atomic E-state index is 13.6. The van der Waals surface area contributed by atoms with Gasteiger partial charge in [-0.25, -0.2) is 8.78 Å². The van der Waals surface area contributed by atoms with Gasteiger partial charge in [0.2, 0.25) is 11.6 Å². The van der Waals surface area contributed by atoms with Crippen LogP contribution in [0.2, 0.25) is 0 Å². The normalized spacial score (nSPS) is 14.4. The van der Waals surface area contributed by atoms with E-state index in [9.17, 15) is 18.4 Å². The minimum atomic E-state index is -0.786. The van der Waals surface area contributed by atoms with E-state index in [1.165, 1.54) is 6.20 Å². The number of fused-ring (bicyclic) bond motifs is 1. The smallest absolute Gasteiger partial charge is 0.225 e. The predicted molar refractivity (Wildman–Crippen MR) is 70.1 cm³/mol. The molecule has 1 aromatic heterocycles. The number of carbonyl (C=O) groups excluding carboxylic acids is 2. The van der Waals surface area contributed by atoms with Crippen molar-refractivity contribution in [2.75, 3.05) is 5.32 Å². The van der Waals surface area contributed by atoms with Crippen LogP contribution in [0.25, 0.3) is 0 Å². The van der Waals surface area contributed by atoms with E-state index in [1.54, 1.807) is 0 Å². The van der Waals surface area contributed by atoms with Crippen LogP contribution in [0.3, 0.4) is 0 Å². The van der Waals surface area contributed by atoms with Crippen molar-refractivity contribution in [3.8, 4) is 0 Å². The molecular formula is C13H6ClF2N3O2. The highest BCUT2D eigenvalue weighted by molar-refractivity contribution is 6.50. The zero-order valence-corrected chi connectivity index (χ0v) is 11.0. The fourth-order valence-electron chi connectivity index (χ4n) is 1.93. The molecule has 0 bridgehead atoms. The molecule has 21 heavy (non-hydrogen) atoms. The number of H-pyrrole nitrogens is 1. The van der Waals surface area contributed by atoms with Gasteiger partial charge in [-0.3, -0.25) is 14.7 Å². The van der Waals surface area contributed by atoms with Crippen LogP contribution >= 0.6 is 11.6 Å². The van der Waals surface area contributed by atoms with E-state index in [2.05, 4.69) is 15.5 Å². The topological polar surface area (TPSA) is 74.8 Å². The van der Waals surface area contributed by atoms with Gasteiger partial charge in [-0.05, 0) is 12.1 Å². The molecule has 0 radical (unpaired) electrons. The van der Waals surface area contributed by atoms with Crippen molar-refractivity contribution in [1.29, 1.82) is 0 Å². The molecule has 2 N–H and O–H groups in total. The Kier molecular flexibility index (Phi) is 3.06. The molecule has 1 aliphatic rings. The molecule has 0 unspecified atom stereocenters. The summed E-state index contributed by atoms with van der Waals surface area (Å²) in [5, 5.41) is 7.93. The second-order valence-electron chi connectivity index (χ2n) is 4.26. The lowest BCUT2D eigenvalue weighted by Crippen LogP contribution is -2.24. The van der Waals surface area contributed by atoms with Crippen LogP contribution in [0.4, 0.5) is 14.5 Å². The second kappa shape index (κ2) is 4.78. The summed E-state index contributed by atoms with van der Waals surface area (Å²) < 4.78 is 26.7. The van der Waals surface area contributed by atoms with Gasteiger partial charge >= 0.3 is 0 Å². The number of hydrogen-bond acceptors (Lipinski definition) is 4. The SMILES string of the molecule is O=C1C(Nc2cc(F)ccc2F)=C(Cl)C(=O)c2[nH]ncc21. The molecule has 8 heteroatoms. The maximum Gasteiger partial charge on any atom is 0.225 e. The van der Waals surface area contributed by atoms with Crippen LogP contribution < -0.4 is 5.32 Å². The third-order valence-corrected chi connectivity index (χ3v) is 3.31. The zero-order valence-electron chi connectivity index (χ0n) is 10.2. The van der Waals surface area contributed by atoms with Gasteiger partial charge in [0, 0.05) is 6.07 Å². The molecule has 2 aromatic rings. The Morgan fingerprint density at radius 2 is 1.95 bits per heavy atom. The van der Waals surface area contributed by atoms with Crippen molar-refractivity contribution >= 4 is 28.9 Å².